The van der Waals surface area contributed by atoms with Crippen molar-refractivity contribution in [2.75, 3.05) is 0 Å². The number of alkyl halides is 3. The highest BCUT2D eigenvalue weighted by Gasteiger charge is 2.33. The Morgan fingerprint density at radius 1 is 0.708 bits per heavy atom. The lowest BCUT2D eigenvalue weighted by Gasteiger charge is -2.14. The molecule has 0 heterocycles. The monoisotopic (exact) mass is 346 g/mol. The summed E-state index contributed by atoms with van der Waals surface area (Å²) >= 11 is 6.02. The third-order valence-corrected chi connectivity index (χ3v) is 4.31. The molecule has 0 saturated heterocycles. The van der Waals surface area contributed by atoms with Crippen LogP contribution in [0.1, 0.15) is 16.7 Å². The number of halogens is 4. The van der Waals surface area contributed by atoms with E-state index in [0.29, 0.717) is 12.0 Å². The summed E-state index contributed by atoms with van der Waals surface area (Å²) in [7, 11) is 0. The van der Waals surface area contributed by atoms with E-state index in [2.05, 4.69) is 0 Å². The minimum Gasteiger partial charge on any atom is -0.166 e. The second-order valence-electron chi connectivity index (χ2n) is 5.48. The van der Waals surface area contributed by atoms with Gasteiger partial charge < -0.3 is 0 Å². The van der Waals surface area contributed by atoms with E-state index in [1.165, 1.54) is 6.07 Å². The van der Waals surface area contributed by atoms with Gasteiger partial charge in [0.25, 0.3) is 0 Å². The fraction of sp³-hybridized carbons (Fsp3) is 0.100. The molecule has 122 valence electrons. The van der Waals surface area contributed by atoms with Gasteiger partial charge >= 0.3 is 6.18 Å². The maximum Gasteiger partial charge on any atom is 0.417 e. The zero-order chi connectivity index (χ0) is 17.2. The molecular formula is C20H14ClF3. The van der Waals surface area contributed by atoms with Crippen LogP contribution in [0, 0.1) is 0 Å². The van der Waals surface area contributed by atoms with E-state index in [4.69, 9.17) is 11.6 Å². The Morgan fingerprint density at radius 2 is 1.33 bits per heavy atom. The van der Waals surface area contributed by atoms with Crippen molar-refractivity contribution in [2.24, 2.45) is 0 Å². The predicted molar refractivity (Wildman–Crippen MR) is 91.1 cm³/mol. The van der Waals surface area contributed by atoms with Crippen molar-refractivity contribution in [3.8, 4) is 11.1 Å². The van der Waals surface area contributed by atoms with E-state index >= 15 is 0 Å². The molecule has 0 aromatic heterocycles. The standard InChI is InChI=1S/C20H14ClF3/c21-19-16(10-6-12-18(19)20(22,23)24)13-15-9-4-5-11-17(15)14-7-2-1-3-8-14/h1-12H,13H2. The molecule has 0 unspecified atom stereocenters. The molecule has 3 aromatic carbocycles. The third-order valence-electron chi connectivity index (χ3n) is 3.87. The van der Waals surface area contributed by atoms with Gasteiger partial charge in [-0.25, -0.2) is 0 Å². The molecule has 0 aliphatic carbocycles. The van der Waals surface area contributed by atoms with Crippen LogP contribution in [0.4, 0.5) is 13.2 Å². The highest BCUT2D eigenvalue weighted by Crippen LogP contribution is 2.37. The average Bonchev–Trinajstić information content (AvgIpc) is 2.57. The van der Waals surface area contributed by atoms with Crippen molar-refractivity contribution in [1.29, 1.82) is 0 Å². The van der Waals surface area contributed by atoms with Crippen molar-refractivity contribution >= 4 is 11.6 Å². The van der Waals surface area contributed by atoms with Crippen LogP contribution in [0.25, 0.3) is 11.1 Å². The Balaban J connectivity index is 2.02. The van der Waals surface area contributed by atoms with Crippen LogP contribution in [-0.4, -0.2) is 0 Å². The third kappa shape index (κ3) is 3.46. The zero-order valence-electron chi connectivity index (χ0n) is 12.6. The normalized spacial score (nSPS) is 11.5. The first-order valence-electron chi connectivity index (χ1n) is 7.45. The van der Waals surface area contributed by atoms with Crippen LogP contribution in [0.15, 0.2) is 72.8 Å². The maximum absolute atomic E-state index is 13.0. The van der Waals surface area contributed by atoms with E-state index in [1.54, 1.807) is 6.07 Å². The van der Waals surface area contributed by atoms with E-state index in [-0.39, 0.29) is 5.02 Å². The van der Waals surface area contributed by atoms with Gasteiger partial charge in [0.2, 0.25) is 0 Å². The minimum absolute atomic E-state index is 0.229. The topological polar surface area (TPSA) is 0 Å². The number of benzene rings is 3. The van der Waals surface area contributed by atoms with Gasteiger partial charge in [-0.1, -0.05) is 78.3 Å². The second-order valence-corrected chi connectivity index (χ2v) is 5.85. The van der Waals surface area contributed by atoms with Gasteiger partial charge in [0.15, 0.2) is 0 Å². The van der Waals surface area contributed by atoms with E-state index < -0.39 is 11.7 Å². The highest BCUT2D eigenvalue weighted by molar-refractivity contribution is 6.32. The molecule has 4 heteroatoms. The molecule has 24 heavy (non-hydrogen) atoms. The molecule has 0 saturated carbocycles. The molecule has 0 radical (unpaired) electrons. The average molecular weight is 347 g/mol. The van der Waals surface area contributed by atoms with Gasteiger partial charge in [0.1, 0.15) is 0 Å². The summed E-state index contributed by atoms with van der Waals surface area (Å²) in [6.45, 7) is 0. The van der Waals surface area contributed by atoms with Crippen LogP contribution in [0.5, 0.6) is 0 Å². The lowest BCUT2D eigenvalue weighted by molar-refractivity contribution is -0.137. The minimum atomic E-state index is -4.45. The molecule has 0 aliphatic rings. The molecule has 0 amide bonds. The van der Waals surface area contributed by atoms with Gasteiger partial charge in [-0.05, 0) is 34.7 Å². The zero-order valence-corrected chi connectivity index (χ0v) is 13.4. The van der Waals surface area contributed by atoms with Crippen molar-refractivity contribution in [2.45, 2.75) is 12.6 Å². The smallest absolute Gasteiger partial charge is 0.166 e. The number of hydrogen-bond donors (Lipinski definition) is 0. The Hall–Kier alpha value is -2.26. The van der Waals surface area contributed by atoms with E-state index in [9.17, 15) is 13.2 Å². The van der Waals surface area contributed by atoms with Crippen LogP contribution >= 0.6 is 11.6 Å². The van der Waals surface area contributed by atoms with Crippen LogP contribution in [0.3, 0.4) is 0 Å². The Kier molecular flexibility index (Phi) is 4.63. The van der Waals surface area contributed by atoms with Gasteiger partial charge in [0, 0.05) is 0 Å². The van der Waals surface area contributed by atoms with Gasteiger partial charge in [-0.15, -0.1) is 0 Å². The SMILES string of the molecule is FC(F)(F)c1cccc(Cc2ccccc2-c2ccccc2)c1Cl. The summed E-state index contributed by atoms with van der Waals surface area (Å²) in [5.74, 6) is 0. The summed E-state index contributed by atoms with van der Waals surface area (Å²) in [4.78, 5) is 0. The maximum atomic E-state index is 13.0. The van der Waals surface area contributed by atoms with E-state index in [1.807, 2.05) is 54.6 Å². The Bertz CT molecular complexity index is 839. The summed E-state index contributed by atoms with van der Waals surface area (Å²) in [5.41, 5.74) is 2.63. The van der Waals surface area contributed by atoms with Crippen LogP contribution in [-0.2, 0) is 12.6 Å². The first kappa shape index (κ1) is 16.6. The Labute approximate surface area is 143 Å². The summed E-state index contributed by atoms with van der Waals surface area (Å²) < 4.78 is 39.1. The highest BCUT2D eigenvalue weighted by atomic mass is 35.5. The molecule has 3 rings (SSSR count). The first-order valence-corrected chi connectivity index (χ1v) is 7.82. The molecule has 0 atom stereocenters. The molecule has 0 aliphatic heterocycles. The molecule has 0 fully saturated rings. The van der Waals surface area contributed by atoms with Gasteiger partial charge in [-0.2, -0.15) is 13.2 Å². The summed E-state index contributed by atoms with van der Waals surface area (Å²) in [6, 6.07) is 21.5. The lowest BCUT2D eigenvalue weighted by Crippen LogP contribution is -2.07. The molecule has 3 aromatic rings. The molecule has 0 N–H and O–H groups in total. The van der Waals surface area contributed by atoms with Crippen molar-refractivity contribution in [3.63, 3.8) is 0 Å². The molecular weight excluding hydrogens is 333 g/mol. The van der Waals surface area contributed by atoms with Gasteiger partial charge in [0.05, 0.1) is 10.6 Å². The van der Waals surface area contributed by atoms with Crippen molar-refractivity contribution in [3.05, 3.63) is 94.5 Å². The number of rotatable bonds is 3. The van der Waals surface area contributed by atoms with Crippen molar-refractivity contribution in [1.82, 2.24) is 0 Å². The van der Waals surface area contributed by atoms with Crippen molar-refractivity contribution < 1.29 is 13.2 Å². The van der Waals surface area contributed by atoms with Gasteiger partial charge in [-0.3, -0.25) is 0 Å². The first-order chi connectivity index (χ1) is 11.5. The largest absolute Gasteiger partial charge is 0.417 e. The van der Waals surface area contributed by atoms with Crippen LogP contribution in [0.2, 0.25) is 5.02 Å². The predicted octanol–water partition coefficient (Wildman–Crippen LogP) is 6.62. The lowest BCUT2D eigenvalue weighted by atomic mass is 9.94. The van der Waals surface area contributed by atoms with Crippen LogP contribution < -0.4 is 0 Å². The molecule has 0 spiro atoms. The molecule has 0 nitrogen and oxygen atoms in total. The number of hydrogen-bond acceptors (Lipinski definition) is 0. The second kappa shape index (κ2) is 6.70. The quantitative estimate of drug-likeness (QED) is 0.500. The fourth-order valence-electron chi connectivity index (χ4n) is 2.71. The Morgan fingerprint density at radius 3 is 2.04 bits per heavy atom. The van der Waals surface area contributed by atoms with E-state index in [0.717, 1.165) is 22.8 Å². The summed E-state index contributed by atoms with van der Waals surface area (Å²) in [6.07, 6.45) is -4.11. The molecule has 0 bridgehead atoms. The fourth-order valence-corrected chi connectivity index (χ4v) is 3.01. The summed E-state index contributed by atoms with van der Waals surface area (Å²) in [5, 5.41) is -0.229.